The number of amides is 1. The lowest BCUT2D eigenvalue weighted by Crippen LogP contribution is -2.43. The second-order valence-electron chi connectivity index (χ2n) is 8.56. The molecule has 3 aromatic rings. The molecule has 7 nitrogen and oxygen atoms in total. The number of nitrogens with one attached hydrogen (secondary N) is 1. The lowest BCUT2D eigenvalue weighted by atomic mass is 10.0. The standard InChI is InChI=1S/C25H28N2O5S/c1-4-19-7-5-6-12-27(19)33(30,31)20-10-8-18(9-11-20)26-25(29)24-15-22(28)21-13-16(2)17(3)14-23(21)32-24/h8-11,13-15,19H,4-7,12H2,1-3H3,(H,26,29)/t19-/m1/s1. The minimum atomic E-state index is -3.60. The number of aryl methyl sites for hydroxylation is 2. The lowest BCUT2D eigenvalue weighted by Gasteiger charge is -2.34. The molecule has 0 radical (unpaired) electrons. The third-order valence-electron chi connectivity index (χ3n) is 6.33. The molecule has 2 heterocycles. The molecule has 1 fully saturated rings. The Morgan fingerprint density at radius 1 is 1.09 bits per heavy atom. The Morgan fingerprint density at radius 2 is 1.79 bits per heavy atom. The zero-order valence-corrected chi connectivity index (χ0v) is 19.9. The molecule has 1 saturated heterocycles. The van der Waals surface area contributed by atoms with Crippen molar-refractivity contribution in [1.29, 1.82) is 0 Å². The predicted molar refractivity (Wildman–Crippen MR) is 128 cm³/mol. The first-order valence-electron chi connectivity index (χ1n) is 11.2. The van der Waals surface area contributed by atoms with Crippen LogP contribution in [0.15, 0.2) is 56.6 Å². The monoisotopic (exact) mass is 468 g/mol. The molecule has 1 aromatic heterocycles. The van der Waals surface area contributed by atoms with Gasteiger partial charge in [-0.05, 0) is 80.6 Å². The number of piperidine rings is 1. The Balaban J connectivity index is 1.55. The van der Waals surface area contributed by atoms with E-state index in [0.29, 0.717) is 23.2 Å². The van der Waals surface area contributed by atoms with E-state index in [2.05, 4.69) is 5.32 Å². The van der Waals surface area contributed by atoms with Crippen molar-refractivity contribution in [2.75, 3.05) is 11.9 Å². The summed E-state index contributed by atoms with van der Waals surface area (Å²) in [5, 5.41) is 3.10. The van der Waals surface area contributed by atoms with Crippen LogP contribution in [0.25, 0.3) is 11.0 Å². The van der Waals surface area contributed by atoms with Crippen molar-refractivity contribution in [3.63, 3.8) is 0 Å². The van der Waals surface area contributed by atoms with Crippen molar-refractivity contribution < 1.29 is 17.6 Å². The van der Waals surface area contributed by atoms with Crippen LogP contribution in [0.2, 0.25) is 0 Å². The molecule has 0 unspecified atom stereocenters. The normalized spacial score (nSPS) is 17.2. The van der Waals surface area contributed by atoms with Crippen molar-refractivity contribution in [1.82, 2.24) is 4.31 Å². The molecule has 0 aliphatic carbocycles. The summed E-state index contributed by atoms with van der Waals surface area (Å²) in [4.78, 5) is 25.4. The molecule has 2 aromatic carbocycles. The first-order chi connectivity index (χ1) is 15.7. The maximum atomic E-state index is 13.1. The molecule has 0 spiro atoms. The molecule has 1 aliphatic rings. The highest BCUT2D eigenvalue weighted by molar-refractivity contribution is 7.89. The van der Waals surface area contributed by atoms with Crippen LogP contribution in [0, 0.1) is 13.8 Å². The van der Waals surface area contributed by atoms with E-state index in [4.69, 9.17) is 4.42 Å². The maximum Gasteiger partial charge on any atom is 0.291 e. The van der Waals surface area contributed by atoms with Gasteiger partial charge in [0.2, 0.25) is 10.0 Å². The highest BCUT2D eigenvalue weighted by atomic mass is 32.2. The van der Waals surface area contributed by atoms with Crippen molar-refractivity contribution in [3.8, 4) is 0 Å². The molecule has 0 bridgehead atoms. The van der Waals surface area contributed by atoms with E-state index in [1.165, 1.54) is 18.2 Å². The summed E-state index contributed by atoms with van der Waals surface area (Å²) in [6.45, 7) is 6.35. The van der Waals surface area contributed by atoms with Gasteiger partial charge >= 0.3 is 0 Å². The SMILES string of the molecule is CC[C@@H]1CCCCN1S(=O)(=O)c1ccc(NC(=O)c2cc(=O)c3cc(C)c(C)cc3o2)cc1. The zero-order chi connectivity index (χ0) is 23.8. The molecule has 4 rings (SSSR count). The average Bonchev–Trinajstić information content (AvgIpc) is 2.80. The Bertz CT molecular complexity index is 1360. The molecule has 1 aliphatic heterocycles. The predicted octanol–water partition coefficient (Wildman–Crippen LogP) is 4.62. The van der Waals surface area contributed by atoms with Crippen molar-refractivity contribution in [2.45, 2.75) is 57.4 Å². The molecule has 1 N–H and O–H groups in total. The van der Waals surface area contributed by atoms with E-state index in [9.17, 15) is 18.0 Å². The molecule has 33 heavy (non-hydrogen) atoms. The van der Waals surface area contributed by atoms with Gasteiger partial charge in [0.05, 0.1) is 10.3 Å². The number of carbonyl (C=O) groups excluding carboxylic acids is 1. The maximum absolute atomic E-state index is 13.1. The van der Waals surface area contributed by atoms with Crippen LogP contribution in [-0.4, -0.2) is 31.2 Å². The van der Waals surface area contributed by atoms with Crippen LogP contribution in [0.3, 0.4) is 0 Å². The second kappa shape index (κ2) is 9.11. The van der Waals surface area contributed by atoms with E-state index < -0.39 is 15.9 Å². The van der Waals surface area contributed by atoms with Crippen LogP contribution in [0.1, 0.15) is 54.3 Å². The van der Waals surface area contributed by atoms with Gasteiger partial charge in [0.25, 0.3) is 5.91 Å². The fourth-order valence-electron chi connectivity index (χ4n) is 4.26. The van der Waals surface area contributed by atoms with Crippen molar-refractivity contribution >= 4 is 32.6 Å². The third kappa shape index (κ3) is 4.58. The topological polar surface area (TPSA) is 96.7 Å². The molecule has 8 heteroatoms. The fourth-order valence-corrected chi connectivity index (χ4v) is 6.03. The van der Waals surface area contributed by atoms with Gasteiger partial charge in [-0.3, -0.25) is 9.59 Å². The van der Waals surface area contributed by atoms with Gasteiger partial charge in [0.1, 0.15) is 5.58 Å². The number of anilines is 1. The van der Waals surface area contributed by atoms with Gasteiger partial charge < -0.3 is 9.73 Å². The Hall–Kier alpha value is -2.97. The van der Waals surface area contributed by atoms with E-state index in [1.807, 2.05) is 20.8 Å². The molecule has 174 valence electrons. The van der Waals surface area contributed by atoms with Crippen LogP contribution >= 0.6 is 0 Å². The van der Waals surface area contributed by atoms with Gasteiger partial charge in [-0.2, -0.15) is 4.31 Å². The van der Waals surface area contributed by atoms with Gasteiger partial charge in [0, 0.05) is 24.3 Å². The number of hydrogen-bond donors (Lipinski definition) is 1. The van der Waals surface area contributed by atoms with Crippen LogP contribution in [-0.2, 0) is 10.0 Å². The summed E-state index contributed by atoms with van der Waals surface area (Å²) in [6.07, 6.45) is 3.56. The Kier molecular flexibility index (Phi) is 6.41. The number of sulfonamides is 1. The largest absolute Gasteiger partial charge is 0.451 e. The van der Waals surface area contributed by atoms with Gasteiger partial charge in [-0.25, -0.2) is 8.42 Å². The first-order valence-corrected chi connectivity index (χ1v) is 12.6. The van der Waals surface area contributed by atoms with Gasteiger partial charge in [-0.15, -0.1) is 0 Å². The minimum Gasteiger partial charge on any atom is -0.451 e. The third-order valence-corrected chi connectivity index (χ3v) is 8.30. The van der Waals surface area contributed by atoms with Crippen LogP contribution in [0.4, 0.5) is 5.69 Å². The lowest BCUT2D eigenvalue weighted by molar-refractivity contribution is 0.0997. The summed E-state index contributed by atoms with van der Waals surface area (Å²) in [6, 6.07) is 10.8. The molecular weight excluding hydrogens is 440 g/mol. The van der Waals surface area contributed by atoms with E-state index in [1.54, 1.807) is 28.6 Å². The summed E-state index contributed by atoms with van der Waals surface area (Å²) in [5.74, 6) is -0.684. The van der Waals surface area contributed by atoms with Crippen LogP contribution in [0.5, 0.6) is 0 Å². The van der Waals surface area contributed by atoms with Crippen molar-refractivity contribution in [3.05, 3.63) is 69.6 Å². The number of carbonyl (C=O) groups is 1. The van der Waals surface area contributed by atoms with Gasteiger partial charge in [0.15, 0.2) is 11.2 Å². The van der Waals surface area contributed by atoms with Crippen LogP contribution < -0.4 is 10.7 Å². The molecule has 1 atom stereocenters. The highest BCUT2D eigenvalue weighted by Crippen LogP contribution is 2.27. The van der Waals surface area contributed by atoms with E-state index in [-0.39, 0.29) is 22.1 Å². The zero-order valence-electron chi connectivity index (χ0n) is 19.1. The number of rotatable bonds is 5. The van der Waals surface area contributed by atoms with Crippen molar-refractivity contribution in [2.24, 2.45) is 0 Å². The minimum absolute atomic E-state index is 0.0198. The number of hydrogen-bond acceptors (Lipinski definition) is 5. The summed E-state index contributed by atoms with van der Waals surface area (Å²) >= 11 is 0. The summed E-state index contributed by atoms with van der Waals surface area (Å²) in [7, 11) is -3.60. The van der Waals surface area contributed by atoms with E-state index in [0.717, 1.165) is 36.8 Å². The molecular formula is C25H28N2O5S. The first kappa shape index (κ1) is 23.2. The van der Waals surface area contributed by atoms with Gasteiger partial charge in [-0.1, -0.05) is 13.3 Å². The second-order valence-corrected chi connectivity index (χ2v) is 10.5. The molecule has 0 saturated carbocycles. The summed E-state index contributed by atoms with van der Waals surface area (Å²) < 4.78 is 33.5. The number of fused-ring (bicyclic) bond motifs is 1. The Morgan fingerprint density at radius 3 is 2.48 bits per heavy atom. The average molecular weight is 469 g/mol. The Labute approximate surface area is 193 Å². The smallest absolute Gasteiger partial charge is 0.291 e. The molecule has 1 amide bonds. The summed E-state index contributed by atoms with van der Waals surface area (Å²) in [5.41, 5.74) is 2.39. The fraction of sp³-hybridized carbons (Fsp3) is 0.360. The van der Waals surface area contributed by atoms with E-state index >= 15 is 0 Å². The number of benzene rings is 2. The quantitative estimate of drug-likeness (QED) is 0.590. The number of nitrogens with zero attached hydrogens (tertiary/aromatic N) is 1. The highest BCUT2D eigenvalue weighted by Gasteiger charge is 2.32.